The standard InChI is InChI=1S/C15H20N2O/c1-5-6-14(16)15(18)17(4)12(3)13-9-7-11(2)8-10-13/h1,7-10,12,14H,6,16H2,2-4H3. The average molecular weight is 244 g/mol. The summed E-state index contributed by atoms with van der Waals surface area (Å²) in [6.07, 6.45) is 5.44. The molecule has 96 valence electrons. The molecule has 1 rings (SSSR count). The minimum absolute atomic E-state index is 0.0121. The third kappa shape index (κ3) is 3.35. The Labute approximate surface area is 109 Å². The summed E-state index contributed by atoms with van der Waals surface area (Å²) in [5, 5.41) is 0. The second kappa shape index (κ2) is 6.23. The van der Waals surface area contributed by atoms with Gasteiger partial charge in [-0.15, -0.1) is 12.3 Å². The van der Waals surface area contributed by atoms with Crippen LogP contribution in [0.2, 0.25) is 0 Å². The predicted molar refractivity (Wildman–Crippen MR) is 73.8 cm³/mol. The molecule has 0 spiro atoms. The number of nitrogens with zero attached hydrogens (tertiary/aromatic N) is 1. The molecule has 2 atom stereocenters. The van der Waals surface area contributed by atoms with Crippen molar-refractivity contribution >= 4 is 5.91 Å². The van der Waals surface area contributed by atoms with Crippen LogP contribution in [0.1, 0.15) is 30.5 Å². The summed E-state index contributed by atoms with van der Waals surface area (Å²) in [6.45, 7) is 4.01. The molecule has 18 heavy (non-hydrogen) atoms. The smallest absolute Gasteiger partial charge is 0.240 e. The third-order valence-corrected chi connectivity index (χ3v) is 3.14. The van der Waals surface area contributed by atoms with Gasteiger partial charge in [-0.2, -0.15) is 0 Å². The minimum atomic E-state index is -0.618. The minimum Gasteiger partial charge on any atom is -0.338 e. The zero-order chi connectivity index (χ0) is 13.7. The van der Waals surface area contributed by atoms with Crippen molar-refractivity contribution in [1.82, 2.24) is 4.90 Å². The Morgan fingerprint density at radius 2 is 2.00 bits per heavy atom. The van der Waals surface area contributed by atoms with Crippen molar-refractivity contribution in [2.45, 2.75) is 32.4 Å². The topological polar surface area (TPSA) is 46.3 Å². The maximum atomic E-state index is 12.0. The van der Waals surface area contributed by atoms with Crippen LogP contribution in [-0.4, -0.2) is 23.9 Å². The Kier molecular flexibility index (Phi) is 4.94. The van der Waals surface area contributed by atoms with Gasteiger partial charge < -0.3 is 10.6 Å². The molecule has 3 heteroatoms. The van der Waals surface area contributed by atoms with Gasteiger partial charge in [0.15, 0.2) is 0 Å². The number of rotatable bonds is 4. The second-order valence-electron chi connectivity index (χ2n) is 4.55. The molecule has 0 fully saturated rings. The van der Waals surface area contributed by atoms with Crippen molar-refractivity contribution in [2.24, 2.45) is 5.73 Å². The first kappa shape index (κ1) is 14.3. The summed E-state index contributed by atoms with van der Waals surface area (Å²) in [7, 11) is 1.75. The molecule has 0 aliphatic carbocycles. The summed E-state index contributed by atoms with van der Waals surface area (Å²) in [5.74, 6) is 2.29. The van der Waals surface area contributed by atoms with Crippen molar-refractivity contribution in [3.63, 3.8) is 0 Å². The number of carbonyl (C=O) groups is 1. The second-order valence-corrected chi connectivity index (χ2v) is 4.55. The predicted octanol–water partition coefficient (Wildman–Crippen LogP) is 1.87. The summed E-state index contributed by atoms with van der Waals surface area (Å²) in [6, 6.07) is 7.49. The van der Waals surface area contributed by atoms with Gasteiger partial charge in [-0.1, -0.05) is 29.8 Å². The molecule has 1 aromatic rings. The van der Waals surface area contributed by atoms with Crippen LogP contribution in [0.15, 0.2) is 24.3 Å². The lowest BCUT2D eigenvalue weighted by Crippen LogP contribution is -2.42. The number of benzene rings is 1. The quantitative estimate of drug-likeness (QED) is 0.822. The fraction of sp³-hybridized carbons (Fsp3) is 0.400. The molecule has 2 N–H and O–H groups in total. The fourth-order valence-electron chi connectivity index (χ4n) is 1.74. The highest BCUT2D eigenvalue weighted by Crippen LogP contribution is 2.19. The molecule has 2 unspecified atom stereocenters. The van der Waals surface area contributed by atoms with E-state index in [0.717, 1.165) is 5.56 Å². The Morgan fingerprint density at radius 3 is 2.50 bits per heavy atom. The largest absolute Gasteiger partial charge is 0.338 e. The molecule has 0 radical (unpaired) electrons. The lowest BCUT2D eigenvalue weighted by Gasteiger charge is -2.27. The number of aryl methyl sites for hydroxylation is 1. The van der Waals surface area contributed by atoms with E-state index in [0.29, 0.717) is 0 Å². The van der Waals surface area contributed by atoms with E-state index in [4.69, 9.17) is 12.2 Å². The van der Waals surface area contributed by atoms with Crippen LogP contribution < -0.4 is 5.73 Å². The van der Waals surface area contributed by atoms with Crippen LogP contribution in [0.4, 0.5) is 0 Å². The molecule has 0 saturated carbocycles. The zero-order valence-electron chi connectivity index (χ0n) is 11.2. The Morgan fingerprint density at radius 1 is 1.44 bits per heavy atom. The van der Waals surface area contributed by atoms with Crippen molar-refractivity contribution in [3.8, 4) is 12.3 Å². The number of hydrogen-bond acceptors (Lipinski definition) is 2. The first-order valence-electron chi connectivity index (χ1n) is 5.99. The number of likely N-dealkylation sites (N-methyl/N-ethyl adjacent to an activating group) is 1. The lowest BCUT2D eigenvalue weighted by atomic mass is 10.0. The van der Waals surface area contributed by atoms with Gasteiger partial charge in [0, 0.05) is 13.5 Å². The first-order chi connectivity index (χ1) is 8.47. The number of amides is 1. The Balaban J connectivity index is 2.78. The van der Waals surface area contributed by atoms with E-state index in [-0.39, 0.29) is 18.4 Å². The van der Waals surface area contributed by atoms with Gasteiger partial charge in [0.1, 0.15) is 0 Å². The normalized spacial score (nSPS) is 13.5. The Hall–Kier alpha value is -1.79. The number of hydrogen-bond donors (Lipinski definition) is 1. The monoisotopic (exact) mass is 244 g/mol. The molecule has 0 saturated heterocycles. The van der Waals surface area contributed by atoms with E-state index >= 15 is 0 Å². The number of terminal acetylenes is 1. The highest BCUT2D eigenvalue weighted by Gasteiger charge is 2.22. The summed E-state index contributed by atoms with van der Waals surface area (Å²) >= 11 is 0. The third-order valence-electron chi connectivity index (χ3n) is 3.14. The molecular weight excluding hydrogens is 224 g/mol. The van der Waals surface area contributed by atoms with Crippen LogP contribution in [0, 0.1) is 19.3 Å². The van der Waals surface area contributed by atoms with E-state index in [9.17, 15) is 4.79 Å². The van der Waals surface area contributed by atoms with Gasteiger partial charge >= 0.3 is 0 Å². The molecule has 0 aromatic heterocycles. The maximum Gasteiger partial charge on any atom is 0.240 e. The SMILES string of the molecule is C#CCC(N)C(=O)N(C)C(C)c1ccc(C)cc1. The number of carbonyl (C=O) groups excluding carboxylic acids is 1. The van der Waals surface area contributed by atoms with Crippen LogP contribution >= 0.6 is 0 Å². The summed E-state index contributed by atoms with van der Waals surface area (Å²) < 4.78 is 0. The molecular formula is C15H20N2O. The molecule has 3 nitrogen and oxygen atoms in total. The van der Waals surface area contributed by atoms with E-state index in [1.807, 2.05) is 38.1 Å². The molecule has 0 bridgehead atoms. The van der Waals surface area contributed by atoms with Crippen LogP contribution in [-0.2, 0) is 4.79 Å². The van der Waals surface area contributed by atoms with Gasteiger partial charge in [0.05, 0.1) is 12.1 Å². The Bertz CT molecular complexity index is 445. The van der Waals surface area contributed by atoms with Crippen LogP contribution in [0.3, 0.4) is 0 Å². The van der Waals surface area contributed by atoms with Crippen molar-refractivity contribution < 1.29 is 4.79 Å². The van der Waals surface area contributed by atoms with Gasteiger partial charge in [-0.05, 0) is 19.4 Å². The van der Waals surface area contributed by atoms with E-state index in [1.54, 1.807) is 11.9 Å². The molecule has 1 aromatic carbocycles. The highest BCUT2D eigenvalue weighted by molar-refractivity contribution is 5.82. The van der Waals surface area contributed by atoms with Gasteiger partial charge in [-0.3, -0.25) is 4.79 Å². The highest BCUT2D eigenvalue weighted by atomic mass is 16.2. The van der Waals surface area contributed by atoms with Gasteiger partial charge in [0.2, 0.25) is 5.91 Å². The molecule has 0 aliphatic rings. The van der Waals surface area contributed by atoms with Crippen molar-refractivity contribution in [1.29, 1.82) is 0 Å². The van der Waals surface area contributed by atoms with Crippen LogP contribution in [0.25, 0.3) is 0 Å². The average Bonchev–Trinajstić information content (AvgIpc) is 2.37. The lowest BCUT2D eigenvalue weighted by molar-refractivity contribution is -0.133. The summed E-state index contributed by atoms with van der Waals surface area (Å²) in [5.41, 5.74) is 8.02. The number of nitrogens with two attached hydrogens (primary N) is 1. The molecule has 0 aliphatic heterocycles. The van der Waals surface area contributed by atoms with Crippen molar-refractivity contribution in [3.05, 3.63) is 35.4 Å². The zero-order valence-corrected chi connectivity index (χ0v) is 11.2. The maximum absolute atomic E-state index is 12.0. The van der Waals surface area contributed by atoms with E-state index in [2.05, 4.69) is 5.92 Å². The van der Waals surface area contributed by atoms with E-state index < -0.39 is 6.04 Å². The molecule has 0 heterocycles. The fourth-order valence-corrected chi connectivity index (χ4v) is 1.74. The van der Waals surface area contributed by atoms with Gasteiger partial charge in [0.25, 0.3) is 0 Å². The van der Waals surface area contributed by atoms with E-state index in [1.165, 1.54) is 5.56 Å². The van der Waals surface area contributed by atoms with Crippen LogP contribution in [0.5, 0.6) is 0 Å². The van der Waals surface area contributed by atoms with Gasteiger partial charge in [-0.25, -0.2) is 0 Å². The van der Waals surface area contributed by atoms with Crippen molar-refractivity contribution in [2.75, 3.05) is 7.05 Å². The molecule has 1 amide bonds. The summed E-state index contributed by atoms with van der Waals surface area (Å²) in [4.78, 5) is 13.7. The first-order valence-corrected chi connectivity index (χ1v) is 5.99.